The molecule has 3 nitrogen and oxygen atoms in total. The van der Waals surface area contributed by atoms with E-state index in [-0.39, 0.29) is 12.1 Å². The summed E-state index contributed by atoms with van der Waals surface area (Å²) in [4.78, 5) is 20.2. The van der Waals surface area contributed by atoms with Crippen LogP contribution in [0, 0.1) is 0 Å². The second kappa shape index (κ2) is 7.62. The molecule has 0 bridgehead atoms. The second-order valence-electron chi connectivity index (χ2n) is 7.86. The molecule has 0 aliphatic carbocycles. The van der Waals surface area contributed by atoms with Crippen molar-refractivity contribution >= 4 is 50.0 Å². The first-order valence-corrected chi connectivity index (χ1v) is 12.2. The van der Waals surface area contributed by atoms with Crippen molar-refractivity contribution in [1.29, 1.82) is 0 Å². The third-order valence-corrected chi connectivity index (χ3v) is 8.13. The highest BCUT2D eigenvalue weighted by Crippen LogP contribution is 2.45. The van der Waals surface area contributed by atoms with Crippen LogP contribution in [0.3, 0.4) is 0 Å². The van der Waals surface area contributed by atoms with Gasteiger partial charge < -0.3 is 4.90 Å². The van der Waals surface area contributed by atoms with Gasteiger partial charge in [-0.15, -0.1) is 22.7 Å². The van der Waals surface area contributed by atoms with Gasteiger partial charge in [-0.3, -0.25) is 9.69 Å². The Morgan fingerprint density at radius 3 is 2.41 bits per heavy atom. The molecule has 156 valence electrons. The summed E-state index contributed by atoms with van der Waals surface area (Å²) in [5.41, 5.74) is 3.86. The zero-order chi connectivity index (χ0) is 21.7. The Labute approximate surface area is 194 Å². The lowest BCUT2D eigenvalue weighted by atomic mass is 10.0. The maximum Gasteiger partial charge on any atom is 0.262 e. The Balaban J connectivity index is 1.49. The van der Waals surface area contributed by atoms with Crippen LogP contribution in [0.5, 0.6) is 0 Å². The van der Waals surface area contributed by atoms with Crippen LogP contribution < -0.4 is 9.80 Å². The van der Waals surface area contributed by atoms with Crippen LogP contribution in [0.1, 0.15) is 21.4 Å². The lowest BCUT2D eigenvalue weighted by Gasteiger charge is -2.43. The molecule has 0 saturated carbocycles. The molecule has 1 amide bonds. The second-order valence-corrected chi connectivity index (χ2v) is 9.89. The zero-order valence-electron chi connectivity index (χ0n) is 17.4. The van der Waals surface area contributed by atoms with Gasteiger partial charge in [0.25, 0.3) is 5.91 Å². The number of hydrogen-bond donors (Lipinski definition) is 0. The highest BCUT2D eigenvalue weighted by atomic mass is 32.1. The van der Waals surface area contributed by atoms with Crippen LogP contribution >= 0.6 is 22.7 Å². The molecule has 1 atom stereocenters. The van der Waals surface area contributed by atoms with Crippen molar-refractivity contribution in [3.05, 3.63) is 107 Å². The van der Waals surface area contributed by atoms with E-state index >= 15 is 0 Å². The molecular weight excluding hydrogens is 432 g/mol. The Kier molecular flexibility index (Phi) is 4.59. The summed E-state index contributed by atoms with van der Waals surface area (Å²) >= 11 is 3.54. The fourth-order valence-corrected chi connectivity index (χ4v) is 6.69. The number of benzene rings is 3. The van der Waals surface area contributed by atoms with Crippen molar-refractivity contribution < 1.29 is 4.79 Å². The normalized spacial score (nSPS) is 15.9. The van der Waals surface area contributed by atoms with Gasteiger partial charge in [0.2, 0.25) is 0 Å². The molecule has 5 heteroatoms. The molecule has 5 aromatic rings. The minimum Gasteiger partial charge on any atom is -0.349 e. The van der Waals surface area contributed by atoms with Gasteiger partial charge in [-0.05, 0) is 42.5 Å². The average Bonchev–Trinajstić information content (AvgIpc) is 3.49. The van der Waals surface area contributed by atoms with Gasteiger partial charge in [-0.1, -0.05) is 48.5 Å². The highest BCUT2D eigenvalue weighted by molar-refractivity contribution is 7.19. The summed E-state index contributed by atoms with van der Waals surface area (Å²) in [6.45, 7) is 0. The fourth-order valence-electron chi connectivity index (χ4n) is 4.48. The number of carbonyl (C=O) groups is 1. The van der Waals surface area contributed by atoms with Gasteiger partial charge in [-0.2, -0.15) is 0 Å². The summed E-state index contributed by atoms with van der Waals surface area (Å²) in [5, 5.41) is 3.52. The molecule has 0 radical (unpaired) electrons. The van der Waals surface area contributed by atoms with Crippen LogP contribution in [0.4, 0.5) is 11.4 Å². The van der Waals surface area contributed by atoms with Crippen LogP contribution in [-0.4, -0.2) is 13.0 Å². The van der Waals surface area contributed by atoms with Crippen LogP contribution in [-0.2, 0) is 0 Å². The van der Waals surface area contributed by atoms with E-state index in [1.54, 1.807) is 22.7 Å². The van der Waals surface area contributed by atoms with Crippen LogP contribution in [0.25, 0.3) is 20.5 Å². The Bertz CT molecular complexity index is 1440. The van der Waals surface area contributed by atoms with E-state index in [9.17, 15) is 4.79 Å². The Morgan fingerprint density at radius 2 is 1.53 bits per heavy atom. The predicted octanol–water partition coefficient (Wildman–Crippen LogP) is 7.43. The molecule has 3 heterocycles. The number of thiophene rings is 2. The molecule has 1 unspecified atom stereocenters. The van der Waals surface area contributed by atoms with Crippen molar-refractivity contribution in [2.45, 2.75) is 6.17 Å². The van der Waals surface area contributed by atoms with Crippen molar-refractivity contribution in [2.75, 3.05) is 16.8 Å². The summed E-state index contributed by atoms with van der Waals surface area (Å²) in [5.74, 6) is 0.0332. The van der Waals surface area contributed by atoms with Gasteiger partial charge in [0.1, 0.15) is 6.17 Å². The lowest BCUT2D eigenvalue weighted by Crippen LogP contribution is -2.47. The van der Waals surface area contributed by atoms with Crippen LogP contribution in [0.2, 0.25) is 0 Å². The topological polar surface area (TPSA) is 23.6 Å². The first kappa shape index (κ1) is 19.3. The number of anilines is 2. The molecule has 0 spiro atoms. The molecule has 6 rings (SSSR count). The Morgan fingerprint density at radius 1 is 0.781 bits per heavy atom. The molecular formula is C27H20N2OS2. The minimum absolute atomic E-state index is 0.0332. The number of fused-ring (bicyclic) bond motifs is 2. The molecule has 0 fully saturated rings. The fraction of sp³-hybridized carbons (Fsp3) is 0.0741. The minimum atomic E-state index is -0.205. The molecule has 0 saturated heterocycles. The molecule has 1 aliphatic heterocycles. The largest absolute Gasteiger partial charge is 0.349 e. The van der Waals surface area contributed by atoms with E-state index in [2.05, 4.69) is 53.7 Å². The third-order valence-electron chi connectivity index (χ3n) is 6.01. The maximum atomic E-state index is 13.7. The molecule has 1 aliphatic rings. The average molecular weight is 453 g/mol. The number of rotatable bonds is 3. The Hall–Kier alpha value is -3.41. The van der Waals surface area contributed by atoms with E-state index < -0.39 is 0 Å². The summed E-state index contributed by atoms with van der Waals surface area (Å²) in [6, 6.07) is 30.7. The smallest absolute Gasteiger partial charge is 0.262 e. The predicted molar refractivity (Wildman–Crippen MR) is 136 cm³/mol. The summed E-state index contributed by atoms with van der Waals surface area (Å²) in [7, 11) is 2.07. The molecule has 3 aromatic carbocycles. The summed E-state index contributed by atoms with van der Waals surface area (Å²) < 4.78 is 1.29. The van der Waals surface area contributed by atoms with E-state index in [4.69, 9.17) is 0 Å². The first-order chi connectivity index (χ1) is 15.7. The van der Waals surface area contributed by atoms with E-state index in [1.165, 1.54) is 20.5 Å². The number of amides is 1. The van der Waals surface area contributed by atoms with E-state index in [1.807, 2.05) is 59.5 Å². The number of nitrogens with zero attached hydrogens (tertiary/aromatic N) is 2. The number of para-hydroxylation sites is 2. The zero-order valence-corrected chi connectivity index (χ0v) is 19.1. The van der Waals surface area contributed by atoms with Gasteiger partial charge >= 0.3 is 0 Å². The summed E-state index contributed by atoms with van der Waals surface area (Å²) in [6.07, 6.45) is -0.205. The molecule has 0 N–H and O–H groups in total. The third kappa shape index (κ3) is 2.97. The van der Waals surface area contributed by atoms with Crippen molar-refractivity contribution in [3.8, 4) is 10.4 Å². The monoisotopic (exact) mass is 452 g/mol. The number of carbonyl (C=O) groups excluding carboxylic acids is 1. The van der Waals surface area contributed by atoms with Crippen molar-refractivity contribution in [2.24, 2.45) is 0 Å². The van der Waals surface area contributed by atoms with Gasteiger partial charge in [-0.25, -0.2) is 0 Å². The standard InChI is InChI=1S/C27H20N2OS2/c1-28-22-13-7-5-12-20(22)27(30)29(18-9-3-2-4-10-18)26(28)25-16-15-24(32-25)21-17-31-23-14-8-6-11-19(21)23/h2-17,26H,1H3. The first-order valence-electron chi connectivity index (χ1n) is 10.5. The molecule has 2 aromatic heterocycles. The van der Waals surface area contributed by atoms with Gasteiger partial charge in [0.15, 0.2) is 0 Å². The van der Waals surface area contributed by atoms with Crippen molar-refractivity contribution in [1.82, 2.24) is 0 Å². The van der Waals surface area contributed by atoms with Gasteiger partial charge in [0.05, 0.1) is 11.3 Å². The van der Waals surface area contributed by atoms with E-state index in [0.29, 0.717) is 0 Å². The maximum absolute atomic E-state index is 13.7. The SMILES string of the molecule is CN1c2ccccc2C(=O)N(c2ccccc2)C1c1ccc(-c2csc3ccccc23)s1. The molecule has 32 heavy (non-hydrogen) atoms. The lowest BCUT2D eigenvalue weighted by molar-refractivity contribution is 0.0970. The van der Waals surface area contributed by atoms with Crippen LogP contribution in [0.15, 0.2) is 96.4 Å². The van der Waals surface area contributed by atoms with Crippen molar-refractivity contribution in [3.63, 3.8) is 0 Å². The van der Waals surface area contributed by atoms with E-state index in [0.717, 1.165) is 21.8 Å². The highest BCUT2D eigenvalue weighted by Gasteiger charge is 2.38. The number of hydrogen-bond acceptors (Lipinski definition) is 4. The van der Waals surface area contributed by atoms with Gasteiger partial charge in [0, 0.05) is 43.5 Å². The quantitative estimate of drug-likeness (QED) is 0.284.